The van der Waals surface area contributed by atoms with E-state index in [-0.39, 0.29) is 24.1 Å². The average Bonchev–Trinajstić information content (AvgIpc) is 2.94. The number of carbonyl (C=O) groups excluding carboxylic acids is 2. The van der Waals surface area contributed by atoms with Gasteiger partial charge in [0.1, 0.15) is 0 Å². The first-order chi connectivity index (χ1) is 9.56. The van der Waals surface area contributed by atoms with Gasteiger partial charge in [-0.15, -0.1) is 0 Å². The smallest absolute Gasteiger partial charge is 0.289 e. The van der Waals surface area contributed by atoms with Crippen molar-refractivity contribution in [3.63, 3.8) is 0 Å². The number of nitrogens with zero attached hydrogens (tertiary/aromatic N) is 1. The number of carbonyl (C=O) groups is 2. The Morgan fingerprint density at radius 1 is 1.20 bits per heavy atom. The Hall–Kier alpha value is -2.56. The highest BCUT2D eigenvalue weighted by atomic mass is 16.3. The molecule has 0 aliphatic heterocycles. The van der Waals surface area contributed by atoms with Crippen molar-refractivity contribution < 1.29 is 14.0 Å². The van der Waals surface area contributed by atoms with Gasteiger partial charge < -0.3 is 14.6 Å². The first-order valence-corrected chi connectivity index (χ1v) is 6.22. The largest absolute Gasteiger partial charge is 0.459 e. The van der Waals surface area contributed by atoms with Crippen molar-refractivity contribution in [2.24, 2.45) is 0 Å². The second kappa shape index (κ2) is 6.06. The first kappa shape index (κ1) is 13.9. The van der Waals surface area contributed by atoms with Crippen molar-refractivity contribution >= 4 is 17.5 Å². The first-order valence-electron chi connectivity index (χ1n) is 6.22. The number of nitrogens with one attached hydrogen (secondary N) is 1. The molecule has 1 aromatic heterocycles. The summed E-state index contributed by atoms with van der Waals surface area (Å²) < 4.78 is 5.01. The van der Waals surface area contributed by atoms with Crippen LogP contribution in [0.4, 0.5) is 5.69 Å². The van der Waals surface area contributed by atoms with Crippen molar-refractivity contribution in [2.45, 2.75) is 6.92 Å². The topological polar surface area (TPSA) is 62.6 Å². The third-order valence-electron chi connectivity index (χ3n) is 2.79. The molecule has 1 aromatic carbocycles. The normalized spacial score (nSPS) is 10.1. The van der Waals surface area contributed by atoms with Crippen LogP contribution in [-0.4, -0.2) is 30.3 Å². The number of hydrogen-bond acceptors (Lipinski definition) is 3. The van der Waals surface area contributed by atoms with E-state index in [1.807, 2.05) is 31.2 Å². The lowest BCUT2D eigenvalue weighted by atomic mass is 10.2. The number of rotatable bonds is 4. The van der Waals surface area contributed by atoms with E-state index in [2.05, 4.69) is 5.32 Å². The molecule has 0 spiro atoms. The summed E-state index contributed by atoms with van der Waals surface area (Å²) in [6, 6.07) is 10.7. The van der Waals surface area contributed by atoms with E-state index in [4.69, 9.17) is 4.42 Å². The van der Waals surface area contributed by atoms with E-state index in [0.717, 1.165) is 5.56 Å². The fourth-order valence-electron chi connectivity index (χ4n) is 1.71. The van der Waals surface area contributed by atoms with E-state index in [1.165, 1.54) is 11.2 Å². The van der Waals surface area contributed by atoms with Crippen LogP contribution in [0.25, 0.3) is 0 Å². The van der Waals surface area contributed by atoms with Crippen LogP contribution < -0.4 is 5.32 Å². The molecule has 0 radical (unpaired) electrons. The van der Waals surface area contributed by atoms with Crippen LogP contribution in [0.2, 0.25) is 0 Å². The summed E-state index contributed by atoms with van der Waals surface area (Å²) in [6.07, 6.45) is 1.42. The van der Waals surface area contributed by atoms with Crippen LogP contribution in [0.15, 0.2) is 47.1 Å². The Labute approximate surface area is 117 Å². The van der Waals surface area contributed by atoms with Gasteiger partial charge in [-0.2, -0.15) is 0 Å². The van der Waals surface area contributed by atoms with Crippen molar-refractivity contribution in [1.29, 1.82) is 0 Å². The molecule has 0 bridgehead atoms. The number of hydrogen-bond donors (Lipinski definition) is 1. The van der Waals surface area contributed by atoms with Crippen molar-refractivity contribution in [1.82, 2.24) is 4.90 Å². The van der Waals surface area contributed by atoms with E-state index in [0.29, 0.717) is 5.69 Å². The SMILES string of the molecule is Cc1ccc(NC(=O)CN(C)C(=O)c2ccco2)cc1. The van der Waals surface area contributed by atoms with Gasteiger partial charge in [0.15, 0.2) is 5.76 Å². The Morgan fingerprint density at radius 3 is 2.50 bits per heavy atom. The van der Waals surface area contributed by atoms with Gasteiger partial charge in [-0.1, -0.05) is 17.7 Å². The molecule has 1 heterocycles. The third-order valence-corrected chi connectivity index (χ3v) is 2.79. The number of benzene rings is 1. The minimum absolute atomic E-state index is 0.0343. The minimum Gasteiger partial charge on any atom is -0.459 e. The summed E-state index contributed by atoms with van der Waals surface area (Å²) in [7, 11) is 1.56. The van der Waals surface area contributed by atoms with Gasteiger partial charge in [0, 0.05) is 12.7 Å². The summed E-state index contributed by atoms with van der Waals surface area (Å²) in [5.74, 6) is -0.360. The third kappa shape index (κ3) is 3.47. The number of furan rings is 1. The highest BCUT2D eigenvalue weighted by Crippen LogP contribution is 2.09. The lowest BCUT2D eigenvalue weighted by molar-refractivity contribution is -0.116. The Balaban J connectivity index is 1.91. The van der Waals surface area contributed by atoms with Crippen LogP contribution in [0.5, 0.6) is 0 Å². The van der Waals surface area contributed by atoms with Gasteiger partial charge >= 0.3 is 0 Å². The predicted octanol–water partition coefficient (Wildman–Crippen LogP) is 2.30. The second-order valence-corrected chi connectivity index (χ2v) is 4.55. The van der Waals surface area contributed by atoms with E-state index in [1.54, 1.807) is 19.2 Å². The van der Waals surface area contributed by atoms with Gasteiger partial charge in [-0.3, -0.25) is 9.59 Å². The standard InChI is InChI=1S/C15H16N2O3/c1-11-5-7-12(8-6-11)16-14(18)10-17(2)15(19)13-4-3-9-20-13/h3-9H,10H2,1-2H3,(H,16,18). The monoisotopic (exact) mass is 272 g/mol. The molecule has 1 N–H and O–H groups in total. The molecule has 2 rings (SSSR count). The molecule has 104 valence electrons. The molecule has 0 aliphatic rings. The summed E-state index contributed by atoms with van der Waals surface area (Å²) in [5, 5.41) is 2.74. The lowest BCUT2D eigenvalue weighted by Crippen LogP contribution is -2.34. The van der Waals surface area contributed by atoms with Gasteiger partial charge in [-0.25, -0.2) is 0 Å². The maximum atomic E-state index is 11.9. The molecule has 0 saturated carbocycles. The molecule has 5 heteroatoms. The molecule has 20 heavy (non-hydrogen) atoms. The fourth-order valence-corrected chi connectivity index (χ4v) is 1.71. The molecular formula is C15H16N2O3. The zero-order chi connectivity index (χ0) is 14.5. The molecule has 0 saturated heterocycles. The summed E-state index contributed by atoms with van der Waals surface area (Å²) in [5.41, 5.74) is 1.83. The maximum Gasteiger partial charge on any atom is 0.289 e. The fraction of sp³-hybridized carbons (Fsp3) is 0.200. The van der Waals surface area contributed by atoms with E-state index < -0.39 is 0 Å². The van der Waals surface area contributed by atoms with Crippen molar-refractivity contribution in [3.05, 3.63) is 54.0 Å². The lowest BCUT2D eigenvalue weighted by Gasteiger charge is -2.15. The van der Waals surface area contributed by atoms with Gasteiger partial charge in [0.2, 0.25) is 5.91 Å². The molecule has 0 atom stereocenters. The number of aryl methyl sites for hydroxylation is 1. The highest BCUT2D eigenvalue weighted by Gasteiger charge is 2.16. The predicted molar refractivity (Wildman–Crippen MR) is 75.5 cm³/mol. The van der Waals surface area contributed by atoms with Crippen LogP contribution >= 0.6 is 0 Å². The van der Waals surface area contributed by atoms with E-state index >= 15 is 0 Å². The quantitative estimate of drug-likeness (QED) is 0.929. The van der Waals surface area contributed by atoms with Gasteiger partial charge in [0.05, 0.1) is 12.8 Å². The Bertz CT molecular complexity index is 588. The number of anilines is 1. The van der Waals surface area contributed by atoms with Crippen LogP contribution in [0.1, 0.15) is 16.1 Å². The molecule has 5 nitrogen and oxygen atoms in total. The van der Waals surface area contributed by atoms with Crippen molar-refractivity contribution in [3.8, 4) is 0 Å². The molecular weight excluding hydrogens is 256 g/mol. The van der Waals surface area contributed by atoms with Gasteiger partial charge in [-0.05, 0) is 31.2 Å². The van der Waals surface area contributed by atoms with Crippen molar-refractivity contribution in [2.75, 3.05) is 18.9 Å². The summed E-state index contributed by atoms with van der Waals surface area (Å²) >= 11 is 0. The number of amides is 2. The van der Waals surface area contributed by atoms with Gasteiger partial charge in [0.25, 0.3) is 5.91 Å². The second-order valence-electron chi connectivity index (χ2n) is 4.55. The highest BCUT2D eigenvalue weighted by molar-refractivity contribution is 5.97. The maximum absolute atomic E-state index is 11.9. The molecule has 0 fully saturated rings. The zero-order valence-electron chi connectivity index (χ0n) is 11.4. The molecule has 2 aromatic rings. The summed E-state index contributed by atoms with van der Waals surface area (Å²) in [6.45, 7) is 1.94. The average molecular weight is 272 g/mol. The minimum atomic E-state index is -0.325. The molecule has 0 unspecified atom stereocenters. The molecule has 2 amide bonds. The number of likely N-dealkylation sites (N-methyl/N-ethyl adjacent to an activating group) is 1. The Morgan fingerprint density at radius 2 is 1.90 bits per heavy atom. The van der Waals surface area contributed by atoms with E-state index in [9.17, 15) is 9.59 Å². The van der Waals surface area contributed by atoms with Crippen LogP contribution in [0.3, 0.4) is 0 Å². The molecule has 0 aliphatic carbocycles. The van der Waals surface area contributed by atoms with Crippen LogP contribution in [-0.2, 0) is 4.79 Å². The Kier molecular flexibility index (Phi) is 4.20. The zero-order valence-corrected chi connectivity index (χ0v) is 11.4. The summed E-state index contributed by atoms with van der Waals surface area (Å²) in [4.78, 5) is 25.0. The van der Waals surface area contributed by atoms with Crippen LogP contribution in [0, 0.1) is 6.92 Å².